The van der Waals surface area contributed by atoms with E-state index >= 15 is 0 Å². The van der Waals surface area contributed by atoms with Gasteiger partial charge in [0.2, 0.25) is 4.96 Å². The van der Waals surface area contributed by atoms with Gasteiger partial charge in [0.05, 0.1) is 5.69 Å². The van der Waals surface area contributed by atoms with Gasteiger partial charge in [-0.3, -0.25) is 0 Å². The molecule has 0 saturated heterocycles. The lowest BCUT2D eigenvalue weighted by molar-refractivity contribution is 0.805. The van der Waals surface area contributed by atoms with Crippen molar-refractivity contribution in [3.63, 3.8) is 0 Å². The minimum Gasteiger partial charge on any atom is -0.188 e. The molecule has 4 nitrogen and oxygen atoms in total. The minimum absolute atomic E-state index is 0.870. The fourth-order valence-electron chi connectivity index (χ4n) is 0.813. The van der Waals surface area contributed by atoms with Crippen molar-refractivity contribution in [2.45, 2.75) is 13.8 Å². The lowest BCUT2D eigenvalue weighted by Crippen LogP contribution is -1.87. The maximum Gasteiger partial charge on any atom is 0.234 e. The van der Waals surface area contributed by atoms with Crippen molar-refractivity contribution < 1.29 is 0 Å². The van der Waals surface area contributed by atoms with Gasteiger partial charge in [0, 0.05) is 4.88 Å². The van der Waals surface area contributed by atoms with Crippen LogP contribution < -0.4 is 0 Å². The summed E-state index contributed by atoms with van der Waals surface area (Å²) in [6.07, 6.45) is 0. The number of rotatable bonds is 0. The molecule has 0 saturated carbocycles. The molecule has 2 rings (SSSR count). The average Bonchev–Trinajstić information content (AvgIpc) is 2.41. The Morgan fingerprint density at radius 2 is 2.20 bits per heavy atom. The Morgan fingerprint density at radius 3 is 2.90 bits per heavy atom. The molecule has 0 N–H and O–H groups in total. The first-order chi connectivity index (χ1) is 4.79. The molecule has 0 atom stereocenters. The summed E-state index contributed by atoms with van der Waals surface area (Å²) in [6, 6.07) is 0. The number of nitrogens with zero attached hydrogens (tertiary/aromatic N) is 4. The van der Waals surface area contributed by atoms with Crippen LogP contribution >= 0.6 is 11.3 Å². The lowest BCUT2D eigenvalue weighted by Gasteiger charge is -1.83. The molecule has 0 aliphatic rings. The molecule has 2 aromatic heterocycles. The standard InChI is InChI=1S/C5H6N4S/c1-3-4(2)10-5-6-7-8-9(3)5/h1-2H3. The molecule has 0 bridgehead atoms. The van der Waals surface area contributed by atoms with Crippen LogP contribution in [0.25, 0.3) is 4.96 Å². The quantitative estimate of drug-likeness (QED) is 0.563. The monoisotopic (exact) mass is 154 g/mol. The predicted molar refractivity (Wildman–Crippen MR) is 38.1 cm³/mol. The summed E-state index contributed by atoms with van der Waals surface area (Å²) < 4.78 is 1.75. The Bertz CT molecular complexity index is 360. The van der Waals surface area contributed by atoms with E-state index in [0.29, 0.717) is 0 Å². The minimum atomic E-state index is 0.870. The highest BCUT2D eigenvalue weighted by molar-refractivity contribution is 7.17. The normalized spacial score (nSPS) is 11.0. The first-order valence-corrected chi connectivity index (χ1v) is 3.75. The molecular weight excluding hydrogens is 148 g/mol. The third-order valence-electron chi connectivity index (χ3n) is 1.51. The van der Waals surface area contributed by atoms with E-state index in [0.717, 1.165) is 10.7 Å². The molecule has 0 aliphatic heterocycles. The summed E-state index contributed by atoms with van der Waals surface area (Å²) in [5, 5.41) is 11.2. The lowest BCUT2D eigenvalue weighted by atomic mass is 10.4. The highest BCUT2D eigenvalue weighted by Gasteiger charge is 2.05. The zero-order chi connectivity index (χ0) is 7.14. The Morgan fingerprint density at radius 1 is 1.40 bits per heavy atom. The van der Waals surface area contributed by atoms with Crippen LogP contribution in [0.1, 0.15) is 10.6 Å². The Kier molecular flexibility index (Phi) is 1.02. The van der Waals surface area contributed by atoms with Crippen LogP contribution in [-0.2, 0) is 0 Å². The number of hydrogen-bond acceptors (Lipinski definition) is 4. The topological polar surface area (TPSA) is 43.1 Å². The van der Waals surface area contributed by atoms with Gasteiger partial charge in [-0.25, -0.2) is 0 Å². The zero-order valence-electron chi connectivity index (χ0n) is 5.70. The molecule has 0 aliphatic carbocycles. The van der Waals surface area contributed by atoms with E-state index in [2.05, 4.69) is 22.4 Å². The van der Waals surface area contributed by atoms with Gasteiger partial charge in [0.25, 0.3) is 0 Å². The highest BCUT2D eigenvalue weighted by atomic mass is 32.1. The largest absolute Gasteiger partial charge is 0.234 e. The molecule has 10 heavy (non-hydrogen) atoms. The van der Waals surface area contributed by atoms with Crippen LogP contribution in [0.3, 0.4) is 0 Å². The van der Waals surface area contributed by atoms with E-state index in [4.69, 9.17) is 0 Å². The van der Waals surface area contributed by atoms with E-state index in [-0.39, 0.29) is 0 Å². The second kappa shape index (κ2) is 1.76. The zero-order valence-corrected chi connectivity index (χ0v) is 6.51. The smallest absolute Gasteiger partial charge is 0.188 e. The number of aryl methyl sites for hydroxylation is 2. The predicted octanol–water partition coefficient (Wildman–Crippen LogP) is 0.803. The molecule has 0 amide bonds. The SMILES string of the molecule is Cc1sc2nnnn2c1C. The number of tetrazole rings is 1. The second-order valence-corrected chi connectivity index (χ2v) is 3.30. The number of fused-ring (bicyclic) bond motifs is 1. The van der Waals surface area contributed by atoms with Crippen molar-refractivity contribution in [3.8, 4) is 0 Å². The van der Waals surface area contributed by atoms with Crippen LogP contribution in [-0.4, -0.2) is 20.0 Å². The van der Waals surface area contributed by atoms with Gasteiger partial charge in [-0.1, -0.05) is 16.4 Å². The van der Waals surface area contributed by atoms with Crippen molar-refractivity contribution in [2.75, 3.05) is 0 Å². The first-order valence-electron chi connectivity index (χ1n) is 2.93. The molecule has 0 fully saturated rings. The van der Waals surface area contributed by atoms with E-state index in [1.54, 1.807) is 15.9 Å². The van der Waals surface area contributed by atoms with E-state index in [1.807, 2.05) is 6.92 Å². The Hall–Kier alpha value is -0.970. The maximum atomic E-state index is 3.82. The summed E-state index contributed by atoms with van der Waals surface area (Å²) in [6.45, 7) is 4.06. The Labute approximate surface area is 61.5 Å². The van der Waals surface area contributed by atoms with E-state index in [9.17, 15) is 0 Å². The van der Waals surface area contributed by atoms with Gasteiger partial charge in [-0.05, 0) is 24.3 Å². The fourth-order valence-corrected chi connectivity index (χ4v) is 1.66. The van der Waals surface area contributed by atoms with Gasteiger partial charge in [0.1, 0.15) is 0 Å². The van der Waals surface area contributed by atoms with Gasteiger partial charge in [-0.15, -0.1) is 0 Å². The molecule has 5 heteroatoms. The molecule has 0 spiro atoms. The molecule has 52 valence electrons. The van der Waals surface area contributed by atoms with Crippen molar-refractivity contribution in [1.82, 2.24) is 20.0 Å². The van der Waals surface area contributed by atoms with Crippen molar-refractivity contribution in [1.29, 1.82) is 0 Å². The molecule has 0 unspecified atom stereocenters. The summed E-state index contributed by atoms with van der Waals surface area (Å²) in [5.41, 5.74) is 1.13. The van der Waals surface area contributed by atoms with Crippen molar-refractivity contribution in [2.24, 2.45) is 0 Å². The second-order valence-electron chi connectivity index (χ2n) is 2.12. The first kappa shape index (κ1) is 5.79. The van der Waals surface area contributed by atoms with E-state index < -0.39 is 0 Å². The molecule has 0 aromatic carbocycles. The molecule has 2 aromatic rings. The van der Waals surface area contributed by atoms with Crippen LogP contribution in [0.4, 0.5) is 0 Å². The van der Waals surface area contributed by atoms with Crippen LogP contribution in [0.5, 0.6) is 0 Å². The number of hydrogen-bond donors (Lipinski definition) is 0. The summed E-state index contributed by atoms with van der Waals surface area (Å²) in [5.74, 6) is 0. The highest BCUT2D eigenvalue weighted by Crippen LogP contribution is 2.17. The van der Waals surface area contributed by atoms with Crippen LogP contribution in [0, 0.1) is 13.8 Å². The van der Waals surface area contributed by atoms with Gasteiger partial charge < -0.3 is 0 Å². The maximum absolute atomic E-state index is 3.82. The summed E-state index contributed by atoms with van der Waals surface area (Å²) in [4.78, 5) is 2.12. The van der Waals surface area contributed by atoms with Gasteiger partial charge in [0.15, 0.2) is 0 Å². The molecule has 2 heterocycles. The third kappa shape index (κ3) is 0.578. The number of aromatic nitrogens is 4. The van der Waals surface area contributed by atoms with Crippen LogP contribution in [0.2, 0.25) is 0 Å². The van der Waals surface area contributed by atoms with E-state index in [1.165, 1.54) is 4.88 Å². The van der Waals surface area contributed by atoms with Gasteiger partial charge in [-0.2, -0.15) is 4.52 Å². The van der Waals surface area contributed by atoms with Crippen LogP contribution in [0.15, 0.2) is 0 Å². The van der Waals surface area contributed by atoms with Crippen molar-refractivity contribution in [3.05, 3.63) is 10.6 Å². The fraction of sp³-hybridized carbons (Fsp3) is 0.400. The van der Waals surface area contributed by atoms with Crippen molar-refractivity contribution >= 4 is 16.3 Å². The Balaban J connectivity index is 2.95. The molecule has 0 radical (unpaired) electrons. The summed E-state index contributed by atoms with van der Waals surface area (Å²) >= 11 is 1.61. The molecular formula is C5H6N4S. The van der Waals surface area contributed by atoms with Gasteiger partial charge >= 0.3 is 0 Å². The third-order valence-corrected chi connectivity index (χ3v) is 2.55. The average molecular weight is 154 g/mol. The number of thiazole rings is 1. The summed E-state index contributed by atoms with van der Waals surface area (Å²) in [7, 11) is 0.